The summed E-state index contributed by atoms with van der Waals surface area (Å²) in [5.74, 6) is -1.24. The Labute approximate surface area is 219 Å². The highest BCUT2D eigenvalue weighted by atomic mass is 35.5. The van der Waals surface area contributed by atoms with Crippen molar-refractivity contribution in [3.63, 3.8) is 0 Å². The van der Waals surface area contributed by atoms with Crippen LogP contribution in [0.1, 0.15) is 21.5 Å². The van der Waals surface area contributed by atoms with Crippen LogP contribution in [0.25, 0.3) is 0 Å². The molecule has 0 bridgehead atoms. The zero-order chi connectivity index (χ0) is 27.4. The van der Waals surface area contributed by atoms with Gasteiger partial charge in [0.25, 0.3) is 21.8 Å². The number of hydrazine groups is 1. The van der Waals surface area contributed by atoms with Crippen molar-refractivity contribution in [3.8, 4) is 5.75 Å². The molecule has 0 spiro atoms. The maximum Gasteiger partial charge on any atom is 0.416 e. The lowest BCUT2D eigenvalue weighted by atomic mass is 10.2. The first-order valence-corrected chi connectivity index (χ1v) is 12.5. The van der Waals surface area contributed by atoms with Crippen molar-refractivity contribution < 1.29 is 35.9 Å². The molecule has 2 amide bonds. The van der Waals surface area contributed by atoms with Crippen molar-refractivity contribution in [2.75, 3.05) is 11.3 Å². The summed E-state index contributed by atoms with van der Waals surface area (Å²) in [6.07, 6.45) is -4.69. The SMILES string of the molecule is Cc1ccccc1OCC(=O)NNC(=O)c1cc(S(=O)(=O)Nc2cccc(C(F)(F)F)c2)c(Cl)cc1Cl. The van der Waals surface area contributed by atoms with E-state index in [1.807, 2.05) is 4.72 Å². The molecular formula is C23H18Cl2F3N3O5S. The molecule has 3 N–H and O–H groups in total. The number of carbonyl (C=O) groups is 2. The second kappa shape index (κ2) is 11.3. The summed E-state index contributed by atoms with van der Waals surface area (Å²) in [5, 5.41) is -0.636. The van der Waals surface area contributed by atoms with Crippen LogP contribution >= 0.6 is 23.2 Å². The van der Waals surface area contributed by atoms with E-state index in [1.54, 1.807) is 31.2 Å². The molecule has 8 nitrogen and oxygen atoms in total. The molecule has 3 aromatic rings. The third kappa shape index (κ3) is 7.28. The number of alkyl halides is 3. The van der Waals surface area contributed by atoms with Crippen LogP contribution in [-0.2, 0) is 21.0 Å². The van der Waals surface area contributed by atoms with Crippen molar-refractivity contribution in [1.29, 1.82) is 0 Å². The molecule has 0 aromatic heterocycles. The highest BCUT2D eigenvalue weighted by Crippen LogP contribution is 2.33. The zero-order valence-electron chi connectivity index (χ0n) is 18.8. The number of anilines is 1. The fourth-order valence-electron chi connectivity index (χ4n) is 2.97. The average Bonchev–Trinajstić information content (AvgIpc) is 2.81. The van der Waals surface area contributed by atoms with E-state index < -0.39 is 50.1 Å². The minimum absolute atomic E-state index is 0.245. The Morgan fingerprint density at radius 3 is 2.32 bits per heavy atom. The molecule has 0 aliphatic heterocycles. The fraction of sp³-hybridized carbons (Fsp3) is 0.130. The predicted molar refractivity (Wildman–Crippen MR) is 131 cm³/mol. The molecule has 3 rings (SSSR count). The van der Waals surface area contributed by atoms with Gasteiger partial charge in [0.15, 0.2) is 6.61 Å². The van der Waals surface area contributed by atoms with Gasteiger partial charge in [-0.1, -0.05) is 47.5 Å². The maximum atomic E-state index is 13.0. The lowest BCUT2D eigenvalue weighted by Gasteiger charge is -2.14. The Balaban J connectivity index is 1.73. The van der Waals surface area contributed by atoms with E-state index in [2.05, 4.69) is 10.9 Å². The smallest absolute Gasteiger partial charge is 0.416 e. The Bertz CT molecular complexity index is 1450. The number of halogens is 5. The summed E-state index contributed by atoms with van der Waals surface area (Å²) in [7, 11) is -4.55. The van der Waals surface area contributed by atoms with Crippen molar-refractivity contribution in [2.45, 2.75) is 18.0 Å². The van der Waals surface area contributed by atoms with Crippen molar-refractivity contribution in [2.24, 2.45) is 0 Å². The molecule has 0 saturated carbocycles. The largest absolute Gasteiger partial charge is 0.483 e. The average molecular weight is 576 g/mol. The van der Waals surface area contributed by atoms with Crippen molar-refractivity contribution >= 4 is 50.7 Å². The quantitative estimate of drug-likeness (QED) is 0.344. The number of sulfonamides is 1. The predicted octanol–water partition coefficient (Wildman–Crippen LogP) is 4.96. The number of hydrogen-bond acceptors (Lipinski definition) is 5. The van der Waals surface area contributed by atoms with Gasteiger partial charge < -0.3 is 4.74 Å². The van der Waals surface area contributed by atoms with Gasteiger partial charge in [0, 0.05) is 5.69 Å². The topological polar surface area (TPSA) is 114 Å². The van der Waals surface area contributed by atoms with Crippen molar-refractivity contribution in [3.05, 3.63) is 87.4 Å². The lowest BCUT2D eigenvalue weighted by molar-refractivity contribution is -0.137. The Morgan fingerprint density at radius 1 is 0.946 bits per heavy atom. The third-order valence-corrected chi connectivity index (χ3v) is 6.92. The minimum atomic E-state index is -4.69. The Morgan fingerprint density at radius 2 is 1.65 bits per heavy atom. The van der Waals surface area contributed by atoms with Crippen LogP contribution in [-0.4, -0.2) is 26.8 Å². The number of amides is 2. The maximum absolute atomic E-state index is 13.0. The van der Waals surface area contributed by atoms with Crippen LogP contribution in [0.5, 0.6) is 5.75 Å². The third-order valence-electron chi connectivity index (χ3n) is 4.77. The van der Waals surface area contributed by atoms with E-state index in [1.165, 1.54) is 0 Å². The Kier molecular flexibility index (Phi) is 8.57. The van der Waals surface area contributed by atoms with Crippen LogP contribution in [0.15, 0.2) is 65.6 Å². The van der Waals surface area contributed by atoms with Crippen LogP contribution in [0.4, 0.5) is 18.9 Å². The van der Waals surface area contributed by atoms with E-state index in [4.69, 9.17) is 27.9 Å². The van der Waals surface area contributed by atoms with Gasteiger partial charge in [-0.2, -0.15) is 13.2 Å². The molecule has 196 valence electrons. The van der Waals surface area contributed by atoms with E-state index >= 15 is 0 Å². The summed E-state index contributed by atoms with van der Waals surface area (Å²) in [4.78, 5) is 24.0. The van der Waals surface area contributed by atoms with Gasteiger partial charge >= 0.3 is 6.18 Å². The van der Waals surface area contributed by atoms with E-state index in [-0.39, 0.29) is 16.3 Å². The van der Waals surface area contributed by atoms with Gasteiger partial charge in [0.1, 0.15) is 10.6 Å². The molecular weight excluding hydrogens is 558 g/mol. The number of nitrogens with one attached hydrogen (secondary N) is 3. The summed E-state index contributed by atoms with van der Waals surface area (Å²) >= 11 is 12.0. The van der Waals surface area contributed by atoms with Crippen LogP contribution in [0, 0.1) is 6.92 Å². The molecule has 14 heteroatoms. The number of rotatable bonds is 7. The van der Waals surface area contributed by atoms with E-state index in [9.17, 15) is 31.2 Å². The highest BCUT2D eigenvalue weighted by Gasteiger charge is 2.31. The monoisotopic (exact) mass is 575 g/mol. The highest BCUT2D eigenvalue weighted by molar-refractivity contribution is 7.92. The molecule has 0 aliphatic rings. The summed E-state index contributed by atoms with van der Waals surface area (Å²) in [6, 6.07) is 12.3. The number of ether oxygens (including phenoxy) is 1. The van der Waals surface area contributed by atoms with Gasteiger partial charge in [0.05, 0.1) is 21.2 Å². The van der Waals surface area contributed by atoms with Gasteiger partial charge in [-0.15, -0.1) is 0 Å². The molecule has 37 heavy (non-hydrogen) atoms. The first-order valence-electron chi connectivity index (χ1n) is 10.2. The van der Waals surface area contributed by atoms with Crippen LogP contribution < -0.4 is 20.3 Å². The van der Waals surface area contributed by atoms with Gasteiger partial charge in [-0.05, 0) is 48.9 Å². The number of aryl methyl sites for hydroxylation is 1. The summed E-state index contributed by atoms with van der Waals surface area (Å²) < 4.78 is 71.9. The molecule has 0 saturated heterocycles. The van der Waals surface area contributed by atoms with E-state index in [0.717, 1.165) is 35.9 Å². The van der Waals surface area contributed by atoms with Crippen LogP contribution in [0.3, 0.4) is 0 Å². The minimum Gasteiger partial charge on any atom is -0.483 e. The molecule has 3 aromatic carbocycles. The second-order valence-electron chi connectivity index (χ2n) is 7.50. The van der Waals surface area contributed by atoms with Crippen LogP contribution in [0.2, 0.25) is 10.0 Å². The fourth-order valence-corrected chi connectivity index (χ4v) is 4.88. The molecule has 0 aliphatic carbocycles. The molecule has 0 unspecified atom stereocenters. The van der Waals surface area contributed by atoms with E-state index in [0.29, 0.717) is 11.8 Å². The first-order chi connectivity index (χ1) is 17.3. The molecule has 0 heterocycles. The zero-order valence-corrected chi connectivity index (χ0v) is 21.1. The second-order valence-corrected chi connectivity index (χ2v) is 9.97. The van der Waals surface area contributed by atoms with Crippen molar-refractivity contribution in [1.82, 2.24) is 10.9 Å². The summed E-state index contributed by atoms with van der Waals surface area (Å²) in [6.45, 7) is 1.35. The molecule has 0 radical (unpaired) electrons. The summed E-state index contributed by atoms with van der Waals surface area (Å²) in [5.41, 5.74) is 3.14. The molecule has 0 atom stereocenters. The first kappa shape index (κ1) is 28.1. The number of carbonyl (C=O) groups excluding carboxylic acids is 2. The lowest BCUT2D eigenvalue weighted by Crippen LogP contribution is -2.44. The molecule has 0 fully saturated rings. The normalized spacial score (nSPS) is 11.5. The number of para-hydroxylation sites is 1. The van der Waals surface area contributed by atoms with Gasteiger partial charge in [-0.25, -0.2) is 8.42 Å². The Hall–Kier alpha value is -3.48. The van der Waals surface area contributed by atoms with Gasteiger partial charge in [0.2, 0.25) is 0 Å². The standard InChI is InChI=1S/C23H18Cl2F3N3O5S/c1-13-5-2-3-8-19(13)36-12-21(32)29-30-22(33)16-10-20(18(25)11-17(16)24)37(34,35)31-15-7-4-6-14(9-15)23(26,27)28/h2-11,31H,12H2,1H3,(H,29,32)(H,30,33). The van der Waals surface area contributed by atoms with Gasteiger partial charge in [-0.3, -0.25) is 25.2 Å². The number of benzene rings is 3. The number of hydrogen-bond donors (Lipinski definition) is 3.